The molecule has 116 valence electrons. The molecule has 0 amide bonds. The van der Waals surface area contributed by atoms with Gasteiger partial charge in [-0.05, 0) is 27.7 Å². The molecule has 2 aromatic carbocycles. The van der Waals surface area contributed by atoms with Gasteiger partial charge in [0.05, 0.1) is 0 Å². The van der Waals surface area contributed by atoms with Crippen molar-refractivity contribution in [3.8, 4) is 11.1 Å². The van der Waals surface area contributed by atoms with Gasteiger partial charge in [0.15, 0.2) is 0 Å². The number of hydrogen-bond acceptors (Lipinski definition) is 2. The topological polar surface area (TPSA) is 26.3 Å². The largest absolute Gasteiger partial charge is 0.467 e. The van der Waals surface area contributed by atoms with Crippen molar-refractivity contribution >= 4 is 6.47 Å². The van der Waals surface area contributed by atoms with E-state index in [4.69, 9.17) is 4.74 Å². The lowest BCUT2D eigenvalue weighted by atomic mass is 9.98. The Labute approximate surface area is 133 Å². The molecule has 0 saturated heterocycles. The Morgan fingerprint density at radius 3 is 1.73 bits per heavy atom. The Bertz CT molecular complexity index is 587. The standard InChI is InChI=1S/C15H12O2.C5H12/c16-10-17-9-15-13-7-3-1-5-11(13)12-6-2-4-8-14(12)15;1-5(2,3)4/h1-8,10,15H,9H2;1-4H3. The summed E-state index contributed by atoms with van der Waals surface area (Å²) in [5.74, 6) is 0.174. The number of carbonyl (C=O) groups is 1. The minimum atomic E-state index is 0.174. The van der Waals surface area contributed by atoms with Crippen LogP contribution in [0.15, 0.2) is 48.5 Å². The molecule has 0 heterocycles. The average molecular weight is 296 g/mol. The summed E-state index contributed by atoms with van der Waals surface area (Å²) in [5.41, 5.74) is 5.50. The first-order valence-corrected chi connectivity index (χ1v) is 7.65. The quantitative estimate of drug-likeness (QED) is 0.743. The number of hydrogen-bond donors (Lipinski definition) is 0. The second kappa shape index (κ2) is 6.78. The zero-order valence-corrected chi connectivity index (χ0v) is 13.8. The minimum absolute atomic E-state index is 0.174. The van der Waals surface area contributed by atoms with Crippen molar-refractivity contribution in [1.29, 1.82) is 0 Å². The van der Waals surface area contributed by atoms with Gasteiger partial charge >= 0.3 is 0 Å². The van der Waals surface area contributed by atoms with E-state index in [0.29, 0.717) is 18.5 Å². The lowest BCUT2D eigenvalue weighted by Gasteiger charge is -2.11. The van der Waals surface area contributed by atoms with E-state index in [1.54, 1.807) is 0 Å². The van der Waals surface area contributed by atoms with Crippen molar-refractivity contribution in [2.45, 2.75) is 33.6 Å². The predicted octanol–water partition coefficient (Wildman–Crippen LogP) is 5.02. The molecule has 2 heteroatoms. The Kier molecular flexibility index (Phi) is 5.02. The Morgan fingerprint density at radius 2 is 1.32 bits per heavy atom. The van der Waals surface area contributed by atoms with Crippen molar-refractivity contribution in [2.24, 2.45) is 5.41 Å². The van der Waals surface area contributed by atoms with Crippen molar-refractivity contribution < 1.29 is 9.53 Å². The third-order valence-electron chi connectivity index (χ3n) is 3.29. The SMILES string of the molecule is CC(C)(C)C.O=COCC1c2ccccc2-c2ccccc21. The van der Waals surface area contributed by atoms with Crippen LogP contribution >= 0.6 is 0 Å². The summed E-state index contributed by atoms with van der Waals surface area (Å²) in [6.45, 7) is 9.68. The van der Waals surface area contributed by atoms with E-state index >= 15 is 0 Å². The highest BCUT2D eigenvalue weighted by molar-refractivity contribution is 5.78. The normalized spacial score (nSPS) is 12.7. The average Bonchev–Trinajstić information content (AvgIpc) is 2.78. The third-order valence-corrected chi connectivity index (χ3v) is 3.29. The molecule has 1 aliphatic carbocycles. The lowest BCUT2D eigenvalue weighted by Crippen LogP contribution is -2.05. The van der Waals surface area contributed by atoms with Gasteiger partial charge in [-0.3, -0.25) is 4.79 Å². The molecule has 0 radical (unpaired) electrons. The zero-order chi connectivity index (χ0) is 16.2. The van der Waals surface area contributed by atoms with Gasteiger partial charge in [-0.1, -0.05) is 76.2 Å². The number of ether oxygens (including phenoxy) is 1. The molecule has 0 bridgehead atoms. The smallest absolute Gasteiger partial charge is 0.293 e. The van der Waals surface area contributed by atoms with E-state index in [2.05, 4.69) is 52.0 Å². The van der Waals surface area contributed by atoms with E-state index < -0.39 is 0 Å². The lowest BCUT2D eigenvalue weighted by molar-refractivity contribution is -0.128. The summed E-state index contributed by atoms with van der Waals surface area (Å²) in [7, 11) is 0. The van der Waals surface area contributed by atoms with Gasteiger partial charge in [0.1, 0.15) is 6.61 Å². The summed E-state index contributed by atoms with van der Waals surface area (Å²) < 4.78 is 4.95. The van der Waals surface area contributed by atoms with Gasteiger partial charge < -0.3 is 4.74 Å². The first kappa shape index (κ1) is 16.3. The summed E-state index contributed by atoms with van der Waals surface area (Å²) in [6.07, 6.45) is 0. The fraction of sp³-hybridized carbons (Fsp3) is 0.350. The van der Waals surface area contributed by atoms with Crippen molar-refractivity contribution in [3.05, 3.63) is 59.7 Å². The third kappa shape index (κ3) is 3.97. The number of benzene rings is 2. The molecule has 2 aromatic rings. The monoisotopic (exact) mass is 296 g/mol. The molecule has 0 spiro atoms. The maximum atomic E-state index is 10.4. The van der Waals surface area contributed by atoms with Crippen LogP contribution in [0.2, 0.25) is 0 Å². The first-order chi connectivity index (χ1) is 10.4. The number of carbonyl (C=O) groups excluding carboxylic acids is 1. The first-order valence-electron chi connectivity index (χ1n) is 7.65. The molecular weight excluding hydrogens is 272 g/mol. The zero-order valence-electron chi connectivity index (χ0n) is 13.8. The Morgan fingerprint density at radius 1 is 0.909 bits per heavy atom. The maximum absolute atomic E-state index is 10.4. The van der Waals surface area contributed by atoms with Crippen LogP contribution in [-0.4, -0.2) is 13.1 Å². The molecule has 2 nitrogen and oxygen atoms in total. The van der Waals surface area contributed by atoms with Crippen molar-refractivity contribution in [1.82, 2.24) is 0 Å². The van der Waals surface area contributed by atoms with Gasteiger partial charge in [-0.25, -0.2) is 0 Å². The van der Waals surface area contributed by atoms with E-state index in [1.165, 1.54) is 22.3 Å². The van der Waals surface area contributed by atoms with Crippen LogP contribution in [-0.2, 0) is 9.53 Å². The molecule has 0 aliphatic heterocycles. The molecule has 22 heavy (non-hydrogen) atoms. The van der Waals surface area contributed by atoms with E-state index in [-0.39, 0.29) is 5.92 Å². The summed E-state index contributed by atoms with van der Waals surface area (Å²) in [6, 6.07) is 16.6. The van der Waals surface area contributed by atoms with E-state index in [1.807, 2.05) is 24.3 Å². The van der Waals surface area contributed by atoms with Crippen LogP contribution in [0.3, 0.4) is 0 Å². The molecule has 3 rings (SSSR count). The van der Waals surface area contributed by atoms with Crippen LogP contribution in [0.25, 0.3) is 11.1 Å². The minimum Gasteiger partial charge on any atom is -0.467 e. The van der Waals surface area contributed by atoms with Gasteiger partial charge in [0.25, 0.3) is 6.47 Å². The fourth-order valence-electron chi connectivity index (χ4n) is 2.57. The second-order valence-electron chi connectivity index (χ2n) is 7.16. The second-order valence-corrected chi connectivity index (χ2v) is 7.16. The number of fused-ring (bicyclic) bond motifs is 3. The van der Waals surface area contributed by atoms with Crippen LogP contribution in [0, 0.1) is 5.41 Å². The van der Waals surface area contributed by atoms with E-state index in [0.717, 1.165) is 0 Å². The summed E-state index contributed by atoms with van der Waals surface area (Å²) in [4.78, 5) is 10.4. The van der Waals surface area contributed by atoms with Crippen LogP contribution in [0.4, 0.5) is 0 Å². The van der Waals surface area contributed by atoms with E-state index in [9.17, 15) is 4.79 Å². The molecule has 0 atom stereocenters. The molecular formula is C20H24O2. The summed E-state index contributed by atoms with van der Waals surface area (Å²) >= 11 is 0. The predicted molar refractivity (Wildman–Crippen MR) is 90.9 cm³/mol. The highest BCUT2D eigenvalue weighted by atomic mass is 16.5. The maximum Gasteiger partial charge on any atom is 0.293 e. The molecule has 0 unspecified atom stereocenters. The van der Waals surface area contributed by atoms with Crippen LogP contribution in [0.1, 0.15) is 44.7 Å². The van der Waals surface area contributed by atoms with Gasteiger partial charge in [-0.2, -0.15) is 0 Å². The Hall–Kier alpha value is -2.09. The Balaban J connectivity index is 0.000000309. The van der Waals surface area contributed by atoms with Crippen molar-refractivity contribution in [2.75, 3.05) is 6.61 Å². The highest BCUT2D eigenvalue weighted by Crippen LogP contribution is 2.44. The molecule has 0 N–H and O–H groups in total. The van der Waals surface area contributed by atoms with Gasteiger partial charge in [0, 0.05) is 5.92 Å². The highest BCUT2D eigenvalue weighted by Gasteiger charge is 2.28. The van der Waals surface area contributed by atoms with Crippen LogP contribution < -0.4 is 0 Å². The molecule has 0 fully saturated rings. The number of rotatable bonds is 3. The van der Waals surface area contributed by atoms with Crippen molar-refractivity contribution in [3.63, 3.8) is 0 Å². The molecule has 1 aliphatic rings. The van der Waals surface area contributed by atoms with Gasteiger partial charge in [-0.15, -0.1) is 0 Å². The molecule has 0 saturated carbocycles. The summed E-state index contributed by atoms with van der Waals surface area (Å²) in [5, 5.41) is 0. The molecule has 0 aromatic heterocycles. The van der Waals surface area contributed by atoms with Gasteiger partial charge in [0.2, 0.25) is 0 Å². The van der Waals surface area contributed by atoms with Crippen LogP contribution in [0.5, 0.6) is 0 Å². The fourth-order valence-corrected chi connectivity index (χ4v) is 2.57.